The first-order chi connectivity index (χ1) is 12.1. The van der Waals surface area contributed by atoms with Crippen molar-refractivity contribution < 1.29 is 13.6 Å². The monoisotopic (exact) mass is 336 g/mol. The molecule has 126 valence electrons. The first-order valence-corrected chi connectivity index (χ1v) is 7.98. The van der Waals surface area contributed by atoms with Gasteiger partial charge in [-0.15, -0.1) is 0 Å². The number of hydrogen-bond acceptors (Lipinski definition) is 4. The van der Waals surface area contributed by atoms with Gasteiger partial charge in [-0.25, -0.2) is 4.79 Å². The first kappa shape index (κ1) is 15.3. The highest BCUT2D eigenvalue weighted by Gasteiger charge is 2.17. The van der Waals surface area contributed by atoms with E-state index in [-0.39, 0.29) is 18.5 Å². The summed E-state index contributed by atoms with van der Waals surface area (Å²) in [5, 5.41) is 3.84. The lowest BCUT2D eigenvalue weighted by atomic mass is 10.2. The number of para-hydroxylation sites is 3. The Labute approximate surface area is 142 Å². The Bertz CT molecular complexity index is 1090. The molecule has 1 atom stereocenters. The number of fused-ring (bicyclic) bond motifs is 2. The molecule has 0 bridgehead atoms. The molecule has 0 spiro atoms. The minimum absolute atomic E-state index is 0.111. The second-order valence-corrected chi connectivity index (χ2v) is 5.90. The Morgan fingerprint density at radius 2 is 1.80 bits per heavy atom. The normalized spacial score (nSPS) is 12.5. The van der Waals surface area contributed by atoms with Crippen LogP contribution in [0.25, 0.3) is 22.1 Å². The molecule has 4 rings (SSSR count). The van der Waals surface area contributed by atoms with Crippen molar-refractivity contribution in [1.29, 1.82) is 0 Å². The van der Waals surface area contributed by atoms with E-state index in [9.17, 15) is 9.59 Å². The lowest BCUT2D eigenvalue weighted by molar-refractivity contribution is -0.122. The van der Waals surface area contributed by atoms with Gasteiger partial charge in [0, 0.05) is 5.39 Å². The zero-order valence-electron chi connectivity index (χ0n) is 13.6. The molecular weight excluding hydrogens is 320 g/mol. The van der Waals surface area contributed by atoms with Crippen LogP contribution in [0, 0.1) is 0 Å². The van der Waals surface area contributed by atoms with Crippen molar-refractivity contribution in [2.75, 3.05) is 0 Å². The van der Waals surface area contributed by atoms with E-state index in [1.54, 1.807) is 24.3 Å². The topological polar surface area (TPSA) is 77.4 Å². The molecule has 0 aliphatic carbocycles. The van der Waals surface area contributed by atoms with E-state index < -0.39 is 5.76 Å². The molecule has 0 radical (unpaired) electrons. The number of carbonyl (C=O) groups is 1. The summed E-state index contributed by atoms with van der Waals surface area (Å²) in [6.07, 6.45) is 0. The van der Waals surface area contributed by atoms with Crippen LogP contribution in [0.1, 0.15) is 18.7 Å². The predicted molar refractivity (Wildman–Crippen MR) is 93.2 cm³/mol. The molecule has 6 heteroatoms. The van der Waals surface area contributed by atoms with Gasteiger partial charge >= 0.3 is 5.76 Å². The van der Waals surface area contributed by atoms with Crippen molar-refractivity contribution in [2.45, 2.75) is 19.5 Å². The van der Waals surface area contributed by atoms with Crippen LogP contribution < -0.4 is 11.1 Å². The van der Waals surface area contributed by atoms with Gasteiger partial charge in [0.2, 0.25) is 5.91 Å². The molecule has 1 N–H and O–H groups in total. The molecule has 6 nitrogen and oxygen atoms in total. The summed E-state index contributed by atoms with van der Waals surface area (Å²) < 4.78 is 12.2. The number of rotatable bonds is 4. The molecule has 0 saturated heterocycles. The van der Waals surface area contributed by atoms with E-state index in [4.69, 9.17) is 8.83 Å². The maximum atomic E-state index is 12.4. The van der Waals surface area contributed by atoms with Crippen LogP contribution in [0.3, 0.4) is 0 Å². The first-order valence-electron chi connectivity index (χ1n) is 7.98. The molecule has 2 aromatic carbocycles. The summed E-state index contributed by atoms with van der Waals surface area (Å²) in [7, 11) is 0. The van der Waals surface area contributed by atoms with Crippen LogP contribution >= 0.6 is 0 Å². The van der Waals surface area contributed by atoms with Crippen LogP contribution in [0.2, 0.25) is 0 Å². The number of nitrogens with one attached hydrogen (secondary N) is 1. The zero-order chi connectivity index (χ0) is 17.4. The molecular formula is C19H16N2O4. The van der Waals surface area contributed by atoms with Gasteiger partial charge in [-0.1, -0.05) is 30.3 Å². The lowest BCUT2D eigenvalue weighted by Crippen LogP contribution is -2.32. The number of aromatic nitrogens is 1. The van der Waals surface area contributed by atoms with Gasteiger partial charge in [-0.2, -0.15) is 0 Å². The smallest absolute Gasteiger partial charge is 0.420 e. The molecule has 1 amide bonds. The van der Waals surface area contributed by atoms with Crippen molar-refractivity contribution in [1.82, 2.24) is 9.88 Å². The number of nitrogens with zero attached hydrogens (tertiary/aromatic N) is 1. The second-order valence-electron chi connectivity index (χ2n) is 5.90. The van der Waals surface area contributed by atoms with Gasteiger partial charge in [0.1, 0.15) is 17.9 Å². The van der Waals surface area contributed by atoms with Crippen LogP contribution in [0.5, 0.6) is 0 Å². The van der Waals surface area contributed by atoms with E-state index in [1.807, 2.05) is 37.3 Å². The quantitative estimate of drug-likeness (QED) is 0.621. The van der Waals surface area contributed by atoms with Crippen LogP contribution in [-0.2, 0) is 11.3 Å². The second kappa shape index (κ2) is 5.98. The van der Waals surface area contributed by atoms with Crippen LogP contribution in [0.15, 0.2) is 68.2 Å². The minimum Gasteiger partial charge on any atom is -0.459 e. The molecule has 2 heterocycles. The number of amides is 1. The third kappa shape index (κ3) is 2.82. The number of oxazole rings is 1. The van der Waals surface area contributed by atoms with E-state index >= 15 is 0 Å². The zero-order valence-corrected chi connectivity index (χ0v) is 13.6. The average Bonchev–Trinajstić information content (AvgIpc) is 3.16. The van der Waals surface area contributed by atoms with E-state index in [0.29, 0.717) is 16.9 Å². The van der Waals surface area contributed by atoms with Crippen molar-refractivity contribution >= 4 is 28.0 Å². The fraction of sp³-hybridized carbons (Fsp3) is 0.158. The fourth-order valence-corrected chi connectivity index (χ4v) is 2.88. The number of carbonyl (C=O) groups excluding carboxylic acids is 1. The third-order valence-electron chi connectivity index (χ3n) is 4.12. The largest absolute Gasteiger partial charge is 0.459 e. The number of benzene rings is 2. The lowest BCUT2D eigenvalue weighted by Gasteiger charge is -2.11. The average molecular weight is 336 g/mol. The molecule has 0 fully saturated rings. The number of hydrogen-bond donors (Lipinski definition) is 1. The molecule has 4 aromatic rings. The Balaban J connectivity index is 1.53. The highest BCUT2D eigenvalue weighted by atomic mass is 16.4. The Morgan fingerprint density at radius 1 is 1.08 bits per heavy atom. The van der Waals surface area contributed by atoms with Gasteiger partial charge < -0.3 is 14.2 Å². The van der Waals surface area contributed by atoms with Gasteiger partial charge in [0.25, 0.3) is 0 Å². The van der Waals surface area contributed by atoms with Crippen molar-refractivity contribution in [2.24, 2.45) is 0 Å². The molecule has 0 unspecified atom stereocenters. The van der Waals surface area contributed by atoms with Crippen molar-refractivity contribution in [3.05, 3.63) is 70.9 Å². The van der Waals surface area contributed by atoms with Crippen molar-refractivity contribution in [3.8, 4) is 0 Å². The van der Waals surface area contributed by atoms with Crippen molar-refractivity contribution in [3.63, 3.8) is 0 Å². The maximum Gasteiger partial charge on any atom is 0.420 e. The Morgan fingerprint density at radius 3 is 2.60 bits per heavy atom. The molecule has 0 aliphatic rings. The molecule has 0 aliphatic heterocycles. The van der Waals surface area contributed by atoms with Gasteiger partial charge in [0.15, 0.2) is 5.58 Å². The third-order valence-corrected chi connectivity index (χ3v) is 4.12. The van der Waals surface area contributed by atoms with Crippen LogP contribution in [0.4, 0.5) is 0 Å². The Hall–Kier alpha value is -3.28. The predicted octanol–water partition coefficient (Wildman–Crippen LogP) is 3.22. The fourth-order valence-electron chi connectivity index (χ4n) is 2.88. The highest BCUT2D eigenvalue weighted by Crippen LogP contribution is 2.23. The van der Waals surface area contributed by atoms with E-state index in [1.165, 1.54) is 4.57 Å². The Kier molecular flexibility index (Phi) is 3.65. The van der Waals surface area contributed by atoms with E-state index in [0.717, 1.165) is 11.0 Å². The molecule has 25 heavy (non-hydrogen) atoms. The summed E-state index contributed by atoms with van der Waals surface area (Å²) in [5.74, 6) is -0.173. The summed E-state index contributed by atoms with van der Waals surface area (Å²) in [6.45, 7) is 1.73. The highest BCUT2D eigenvalue weighted by molar-refractivity contribution is 5.80. The van der Waals surface area contributed by atoms with Gasteiger partial charge in [-0.3, -0.25) is 9.36 Å². The summed E-state index contributed by atoms with van der Waals surface area (Å²) >= 11 is 0. The molecule has 2 aromatic heterocycles. The summed E-state index contributed by atoms with van der Waals surface area (Å²) in [5.41, 5.74) is 1.83. The molecule has 0 saturated carbocycles. The number of furan rings is 1. The maximum absolute atomic E-state index is 12.4. The van der Waals surface area contributed by atoms with Gasteiger partial charge in [0.05, 0.1) is 11.6 Å². The van der Waals surface area contributed by atoms with Crippen LogP contribution in [-0.4, -0.2) is 10.5 Å². The van der Waals surface area contributed by atoms with Gasteiger partial charge in [-0.05, 0) is 31.2 Å². The summed E-state index contributed by atoms with van der Waals surface area (Å²) in [6, 6.07) is 16.3. The summed E-state index contributed by atoms with van der Waals surface area (Å²) in [4.78, 5) is 24.3. The van der Waals surface area contributed by atoms with E-state index in [2.05, 4.69) is 5.32 Å². The minimum atomic E-state index is -0.548. The standard InChI is InChI=1S/C19H16N2O4/c1-12(17-10-13-6-2-4-8-15(13)24-17)20-18(22)11-21-14-7-3-5-9-16(14)25-19(21)23/h2-10,12H,11H2,1H3,(H,20,22)/t12-/m0/s1. The SMILES string of the molecule is C[C@H](NC(=O)Cn1c(=O)oc2ccccc21)c1cc2ccccc2o1.